The molecule has 160 valence electrons. The van der Waals surface area contributed by atoms with Gasteiger partial charge in [-0.15, -0.1) is 0 Å². The number of ether oxygens (including phenoxy) is 1. The SMILES string of the molecule is COc1ccc(/C=C/C(=O)Nc2ccc(C)c(NS(=O)(=O)c3ccccc3)c2)cc1F. The number of aryl methyl sites for hydroxylation is 1. The van der Waals surface area contributed by atoms with Gasteiger partial charge in [-0.25, -0.2) is 12.8 Å². The summed E-state index contributed by atoms with van der Waals surface area (Å²) in [6, 6.07) is 17.2. The molecule has 3 aromatic carbocycles. The van der Waals surface area contributed by atoms with Gasteiger partial charge in [0, 0.05) is 11.8 Å². The van der Waals surface area contributed by atoms with E-state index in [0.29, 0.717) is 22.5 Å². The minimum absolute atomic E-state index is 0.117. The number of hydrogen-bond acceptors (Lipinski definition) is 4. The Morgan fingerprint density at radius 2 is 1.77 bits per heavy atom. The third-order valence-electron chi connectivity index (χ3n) is 4.41. The maximum absolute atomic E-state index is 13.7. The van der Waals surface area contributed by atoms with E-state index >= 15 is 0 Å². The van der Waals surface area contributed by atoms with E-state index in [-0.39, 0.29) is 10.6 Å². The van der Waals surface area contributed by atoms with Crippen molar-refractivity contribution in [1.29, 1.82) is 0 Å². The maximum Gasteiger partial charge on any atom is 0.261 e. The molecule has 2 N–H and O–H groups in total. The van der Waals surface area contributed by atoms with E-state index < -0.39 is 21.7 Å². The number of anilines is 2. The molecule has 0 spiro atoms. The number of carbonyl (C=O) groups is 1. The number of halogens is 1. The quantitative estimate of drug-likeness (QED) is 0.526. The first kappa shape index (κ1) is 22.0. The summed E-state index contributed by atoms with van der Waals surface area (Å²) in [6.07, 6.45) is 2.72. The average Bonchev–Trinajstić information content (AvgIpc) is 2.75. The average molecular weight is 440 g/mol. The number of methoxy groups -OCH3 is 1. The summed E-state index contributed by atoms with van der Waals surface area (Å²) in [4.78, 5) is 12.4. The molecule has 3 aromatic rings. The van der Waals surface area contributed by atoms with Crippen LogP contribution in [0.2, 0.25) is 0 Å². The molecule has 0 heterocycles. The molecule has 0 unspecified atom stereocenters. The lowest BCUT2D eigenvalue weighted by molar-refractivity contribution is -0.111. The van der Waals surface area contributed by atoms with Gasteiger partial charge in [-0.05, 0) is 60.5 Å². The molecule has 8 heteroatoms. The van der Waals surface area contributed by atoms with Gasteiger partial charge < -0.3 is 10.1 Å². The molecular weight excluding hydrogens is 419 g/mol. The normalized spacial score (nSPS) is 11.3. The first-order chi connectivity index (χ1) is 14.8. The number of carbonyl (C=O) groups excluding carboxylic acids is 1. The Kier molecular flexibility index (Phi) is 6.71. The first-order valence-corrected chi connectivity index (χ1v) is 10.8. The number of benzene rings is 3. The molecule has 0 saturated carbocycles. The summed E-state index contributed by atoms with van der Waals surface area (Å²) in [5, 5.41) is 2.66. The lowest BCUT2D eigenvalue weighted by Crippen LogP contribution is -2.14. The van der Waals surface area contributed by atoms with Crippen LogP contribution in [0, 0.1) is 12.7 Å². The fourth-order valence-corrected chi connectivity index (χ4v) is 3.90. The van der Waals surface area contributed by atoms with E-state index in [1.54, 1.807) is 43.3 Å². The number of hydrogen-bond donors (Lipinski definition) is 2. The topological polar surface area (TPSA) is 84.5 Å². The molecule has 1 amide bonds. The highest BCUT2D eigenvalue weighted by Gasteiger charge is 2.15. The molecule has 31 heavy (non-hydrogen) atoms. The second-order valence-corrected chi connectivity index (χ2v) is 8.35. The van der Waals surface area contributed by atoms with Crippen LogP contribution in [-0.4, -0.2) is 21.4 Å². The van der Waals surface area contributed by atoms with Crippen LogP contribution in [-0.2, 0) is 14.8 Å². The molecular formula is C23H21FN2O4S. The van der Waals surface area contributed by atoms with Crippen LogP contribution in [0.15, 0.2) is 77.7 Å². The van der Waals surface area contributed by atoms with Gasteiger partial charge in [0.15, 0.2) is 11.6 Å². The number of sulfonamides is 1. The molecule has 0 aliphatic carbocycles. The number of amides is 1. The Hall–Kier alpha value is -3.65. The van der Waals surface area contributed by atoms with Gasteiger partial charge in [-0.3, -0.25) is 9.52 Å². The Labute approximate surface area is 180 Å². The van der Waals surface area contributed by atoms with Crippen molar-refractivity contribution >= 4 is 33.4 Å². The highest BCUT2D eigenvalue weighted by molar-refractivity contribution is 7.92. The summed E-state index contributed by atoms with van der Waals surface area (Å²) in [6.45, 7) is 1.76. The van der Waals surface area contributed by atoms with Crippen LogP contribution in [0.1, 0.15) is 11.1 Å². The van der Waals surface area contributed by atoms with Crippen LogP contribution in [0.5, 0.6) is 5.75 Å². The van der Waals surface area contributed by atoms with E-state index in [9.17, 15) is 17.6 Å². The maximum atomic E-state index is 13.7. The summed E-state index contributed by atoms with van der Waals surface area (Å²) in [5.74, 6) is -0.859. The zero-order chi connectivity index (χ0) is 22.4. The summed E-state index contributed by atoms with van der Waals surface area (Å²) in [5.41, 5.74) is 1.95. The smallest absolute Gasteiger partial charge is 0.261 e. The highest BCUT2D eigenvalue weighted by atomic mass is 32.2. The van der Waals surface area contributed by atoms with Gasteiger partial charge in [0.05, 0.1) is 17.7 Å². The highest BCUT2D eigenvalue weighted by Crippen LogP contribution is 2.24. The molecule has 0 aromatic heterocycles. The van der Waals surface area contributed by atoms with Gasteiger partial charge in [0.1, 0.15) is 0 Å². The fraction of sp³-hybridized carbons (Fsp3) is 0.0870. The standard InChI is InChI=1S/C23H21FN2O4S/c1-16-8-11-18(15-21(16)26-31(28,29)19-6-4-3-5-7-19)25-23(27)13-10-17-9-12-22(30-2)20(24)14-17/h3-15,26H,1-2H3,(H,25,27)/b13-10+. The van der Waals surface area contributed by atoms with Crippen LogP contribution in [0.3, 0.4) is 0 Å². The first-order valence-electron chi connectivity index (χ1n) is 9.29. The molecule has 6 nitrogen and oxygen atoms in total. The van der Waals surface area contributed by atoms with Gasteiger partial charge in [0.25, 0.3) is 10.0 Å². The second kappa shape index (κ2) is 9.44. The Balaban J connectivity index is 1.72. The Bertz CT molecular complexity index is 1230. The Morgan fingerprint density at radius 3 is 2.45 bits per heavy atom. The van der Waals surface area contributed by atoms with Crippen molar-refractivity contribution < 1.29 is 22.3 Å². The van der Waals surface area contributed by atoms with E-state index in [2.05, 4.69) is 10.0 Å². The van der Waals surface area contributed by atoms with Gasteiger partial charge in [0.2, 0.25) is 5.91 Å². The summed E-state index contributed by atoms with van der Waals surface area (Å²) in [7, 11) is -2.39. The van der Waals surface area contributed by atoms with Crippen molar-refractivity contribution in [3.8, 4) is 5.75 Å². The number of rotatable bonds is 7. The predicted molar refractivity (Wildman–Crippen MR) is 119 cm³/mol. The lowest BCUT2D eigenvalue weighted by atomic mass is 10.2. The second-order valence-electron chi connectivity index (χ2n) is 6.66. The zero-order valence-corrected chi connectivity index (χ0v) is 17.7. The van der Waals surface area contributed by atoms with Crippen molar-refractivity contribution in [3.63, 3.8) is 0 Å². The monoisotopic (exact) mass is 440 g/mol. The largest absolute Gasteiger partial charge is 0.494 e. The van der Waals surface area contributed by atoms with E-state index in [1.807, 2.05) is 0 Å². The van der Waals surface area contributed by atoms with Crippen molar-refractivity contribution in [3.05, 3.63) is 89.8 Å². The lowest BCUT2D eigenvalue weighted by Gasteiger charge is -2.12. The van der Waals surface area contributed by atoms with Crippen molar-refractivity contribution in [2.45, 2.75) is 11.8 Å². The molecule has 0 atom stereocenters. The van der Waals surface area contributed by atoms with Crippen molar-refractivity contribution in [1.82, 2.24) is 0 Å². The van der Waals surface area contributed by atoms with Crippen LogP contribution in [0.4, 0.5) is 15.8 Å². The molecule has 0 saturated heterocycles. The summed E-state index contributed by atoms with van der Waals surface area (Å²) < 4.78 is 46.3. The molecule has 0 radical (unpaired) electrons. The van der Waals surface area contributed by atoms with Crippen LogP contribution in [0.25, 0.3) is 6.08 Å². The van der Waals surface area contributed by atoms with Crippen molar-refractivity contribution in [2.75, 3.05) is 17.1 Å². The molecule has 0 aliphatic rings. The minimum Gasteiger partial charge on any atom is -0.494 e. The third-order valence-corrected chi connectivity index (χ3v) is 5.79. The number of nitrogens with one attached hydrogen (secondary N) is 2. The van der Waals surface area contributed by atoms with Crippen LogP contribution < -0.4 is 14.8 Å². The van der Waals surface area contributed by atoms with Gasteiger partial charge in [-0.1, -0.05) is 30.3 Å². The van der Waals surface area contributed by atoms with Gasteiger partial charge in [-0.2, -0.15) is 0 Å². The molecule has 0 fully saturated rings. The molecule has 0 aliphatic heterocycles. The summed E-state index contributed by atoms with van der Waals surface area (Å²) >= 11 is 0. The zero-order valence-electron chi connectivity index (χ0n) is 16.9. The van der Waals surface area contributed by atoms with E-state index in [1.165, 1.54) is 49.6 Å². The van der Waals surface area contributed by atoms with Crippen molar-refractivity contribution in [2.24, 2.45) is 0 Å². The van der Waals surface area contributed by atoms with Gasteiger partial charge >= 0.3 is 0 Å². The predicted octanol–water partition coefficient (Wildman–Crippen LogP) is 4.60. The molecule has 0 bridgehead atoms. The van der Waals surface area contributed by atoms with E-state index in [4.69, 9.17) is 4.74 Å². The fourth-order valence-electron chi connectivity index (χ4n) is 2.76. The third kappa shape index (κ3) is 5.70. The van der Waals surface area contributed by atoms with Crippen LogP contribution >= 0.6 is 0 Å². The Morgan fingerprint density at radius 1 is 1.03 bits per heavy atom. The van der Waals surface area contributed by atoms with E-state index in [0.717, 1.165) is 0 Å². The minimum atomic E-state index is -3.76. The molecule has 3 rings (SSSR count).